The molecule has 0 amide bonds. The number of hydrogen-bond donors (Lipinski definition) is 0. The molecule has 0 aromatic heterocycles. The molecule has 2 nitrogen and oxygen atoms in total. The molecule has 0 aromatic rings. The molecule has 0 aliphatic heterocycles. The Morgan fingerprint density at radius 1 is 1.00 bits per heavy atom. The highest BCUT2D eigenvalue weighted by molar-refractivity contribution is 6.01. The number of ketones is 2. The normalized spacial score (nSPS) is 21.5. The Labute approximate surface area is 47.9 Å². The predicted octanol–water partition coefficient (Wildman–Crippen LogP) is 0.699. The SMILES string of the molecule is O=[13C]1[13CH2][13CH2][13CH2][13C](=O)[13CH2]1. The summed E-state index contributed by atoms with van der Waals surface area (Å²) in [5.74, 6) is 0.225. The van der Waals surface area contributed by atoms with Gasteiger partial charge in [0.25, 0.3) is 0 Å². The van der Waals surface area contributed by atoms with Crippen molar-refractivity contribution in [1.29, 1.82) is 0 Å². The molecule has 0 unspecified atom stereocenters. The van der Waals surface area contributed by atoms with Crippen LogP contribution in [-0.2, 0) is 9.59 Å². The van der Waals surface area contributed by atoms with Gasteiger partial charge >= 0.3 is 0 Å². The fourth-order valence-corrected chi connectivity index (χ4v) is 0.879. The highest BCUT2D eigenvalue weighted by atomic mass is 16.2. The lowest BCUT2D eigenvalue weighted by atomic mass is 11.0. The third-order valence-corrected chi connectivity index (χ3v) is 1.31. The zero-order chi connectivity index (χ0) is 5.98. The predicted molar refractivity (Wildman–Crippen MR) is 28.5 cm³/mol. The molecule has 1 aliphatic rings. The molecular weight excluding hydrogens is 110 g/mol. The van der Waals surface area contributed by atoms with Crippen molar-refractivity contribution < 1.29 is 9.59 Å². The smallest absolute Gasteiger partial charge is 0.140 e. The fourth-order valence-electron chi connectivity index (χ4n) is 0.879. The van der Waals surface area contributed by atoms with E-state index in [1.54, 1.807) is 0 Å². The summed E-state index contributed by atoms with van der Waals surface area (Å²) < 4.78 is 0. The van der Waals surface area contributed by atoms with Gasteiger partial charge in [0.05, 0.1) is 6.42 Å². The molecule has 2 heteroatoms. The summed E-state index contributed by atoms with van der Waals surface area (Å²) in [5.41, 5.74) is 0. The van der Waals surface area contributed by atoms with Crippen LogP contribution < -0.4 is 0 Å². The highest BCUT2D eigenvalue weighted by Gasteiger charge is 2.14. The maximum absolute atomic E-state index is 10.5. The Kier molecular flexibility index (Phi) is 1.42. The van der Waals surface area contributed by atoms with E-state index >= 15 is 0 Å². The van der Waals surface area contributed by atoms with E-state index in [0.29, 0.717) is 12.8 Å². The molecule has 0 aromatic carbocycles. The van der Waals surface area contributed by atoms with Gasteiger partial charge in [-0.25, -0.2) is 0 Å². The van der Waals surface area contributed by atoms with Crippen LogP contribution in [0.15, 0.2) is 0 Å². The molecule has 0 radical (unpaired) electrons. The number of hydrogen-bond acceptors (Lipinski definition) is 2. The van der Waals surface area contributed by atoms with E-state index in [1.807, 2.05) is 0 Å². The second-order valence-electron chi connectivity index (χ2n) is 2.11. The van der Waals surface area contributed by atoms with Crippen LogP contribution in [0.3, 0.4) is 0 Å². The lowest BCUT2D eigenvalue weighted by Crippen LogP contribution is -2.13. The minimum Gasteiger partial charge on any atom is -0.299 e. The molecule has 0 heterocycles. The maximum Gasteiger partial charge on any atom is 0.140 e. The van der Waals surface area contributed by atoms with Gasteiger partial charge in [0.1, 0.15) is 11.6 Å². The van der Waals surface area contributed by atoms with Gasteiger partial charge in [0.15, 0.2) is 0 Å². The van der Waals surface area contributed by atoms with E-state index in [9.17, 15) is 9.59 Å². The lowest BCUT2D eigenvalue weighted by molar-refractivity contribution is -0.129. The van der Waals surface area contributed by atoms with E-state index in [0.717, 1.165) is 6.42 Å². The third-order valence-electron chi connectivity index (χ3n) is 1.31. The van der Waals surface area contributed by atoms with Crippen molar-refractivity contribution in [3.05, 3.63) is 0 Å². The molecule has 8 heavy (non-hydrogen) atoms. The number of carbonyl (C=O) groups excluding carboxylic acids is 2. The first-order chi connectivity index (χ1) is 3.79. The van der Waals surface area contributed by atoms with Gasteiger partial charge in [-0.1, -0.05) is 0 Å². The second kappa shape index (κ2) is 2.07. The first-order valence-electron chi connectivity index (χ1n) is 2.82. The Hall–Kier alpha value is -0.660. The maximum atomic E-state index is 10.5. The summed E-state index contributed by atoms with van der Waals surface area (Å²) >= 11 is 0. The monoisotopic (exact) mass is 118 g/mol. The second-order valence-corrected chi connectivity index (χ2v) is 2.11. The van der Waals surface area contributed by atoms with Crippen LogP contribution in [0.4, 0.5) is 0 Å². The Balaban J connectivity index is 2.45. The van der Waals surface area contributed by atoms with Gasteiger partial charge in [0, 0.05) is 12.8 Å². The summed E-state index contributed by atoms with van der Waals surface area (Å²) in [6.07, 6.45) is 2.20. The van der Waals surface area contributed by atoms with E-state index in [-0.39, 0.29) is 18.0 Å². The van der Waals surface area contributed by atoms with E-state index in [4.69, 9.17) is 0 Å². The lowest BCUT2D eigenvalue weighted by Gasteiger charge is -2.04. The molecule has 1 aliphatic carbocycles. The molecule has 44 valence electrons. The van der Waals surface area contributed by atoms with Gasteiger partial charge in [-0.2, -0.15) is 0 Å². The van der Waals surface area contributed by atoms with Crippen molar-refractivity contribution in [2.45, 2.75) is 25.7 Å². The van der Waals surface area contributed by atoms with E-state index < -0.39 is 0 Å². The quantitative estimate of drug-likeness (QED) is 0.346. The highest BCUT2D eigenvalue weighted by Crippen LogP contribution is 2.09. The number of Topliss-reactive ketones (excluding diaryl/α,β-unsaturated/α-hetero) is 2. The van der Waals surface area contributed by atoms with Crippen LogP contribution in [0.2, 0.25) is 0 Å². The summed E-state index contributed by atoms with van der Waals surface area (Å²) in [5, 5.41) is 0. The molecule has 0 saturated heterocycles. The zero-order valence-corrected chi connectivity index (χ0v) is 4.64. The molecule has 0 atom stereocenters. The van der Waals surface area contributed by atoms with Crippen molar-refractivity contribution in [3.8, 4) is 0 Å². The summed E-state index contributed by atoms with van der Waals surface area (Å²) in [7, 11) is 0. The van der Waals surface area contributed by atoms with Gasteiger partial charge in [-0.3, -0.25) is 9.59 Å². The first-order valence-corrected chi connectivity index (χ1v) is 2.82. The molecular formula is C6H8O2. The Morgan fingerprint density at radius 3 is 1.75 bits per heavy atom. The average Bonchev–Trinajstić information content (AvgIpc) is 1.64. The van der Waals surface area contributed by atoms with Crippen LogP contribution in [0.1, 0.15) is 25.7 Å². The number of rotatable bonds is 0. The van der Waals surface area contributed by atoms with E-state index in [2.05, 4.69) is 0 Å². The summed E-state index contributed by atoms with van der Waals surface area (Å²) in [4.78, 5) is 20.9. The Bertz CT molecular complexity index is 112. The summed E-state index contributed by atoms with van der Waals surface area (Å²) in [6.45, 7) is 0. The largest absolute Gasteiger partial charge is 0.299 e. The Morgan fingerprint density at radius 2 is 1.50 bits per heavy atom. The van der Waals surface area contributed by atoms with Crippen LogP contribution in [0.5, 0.6) is 0 Å². The zero-order valence-electron chi connectivity index (χ0n) is 4.64. The van der Waals surface area contributed by atoms with Crippen molar-refractivity contribution in [2.75, 3.05) is 0 Å². The summed E-state index contributed by atoms with van der Waals surface area (Å²) in [6, 6.07) is 0. The molecule has 1 rings (SSSR count). The van der Waals surface area contributed by atoms with Crippen LogP contribution in [-0.4, -0.2) is 11.6 Å². The minimum atomic E-state index is 0.112. The van der Waals surface area contributed by atoms with Crippen molar-refractivity contribution in [1.82, 2.24) is 0 Å². The van der Waals surface area contributed by atoms with Gasteiger partial charge in [-0.15, -0.1) is 0 Å². The molecule has 1 fully saturated rings. The van der Waals surface area contributed by atoms with Crippen molar-refractivity contribution in [3.63, 3.8) is 0 Å². The molecule has 0 N–H and O–H groups in total. The van der Waals surface area contributed by atoms with Crippen molar-refractivity contribution in [2.24, 2.45) is 0 Å². The van der Waals surface area contributed by atoms with E-state index in [1.165, 1.54) is 0 Å². The van der Waals surface area contributed by atoms with Crippen LogP contribution >= 0.6 is 0 Å². The van der Waals surface area contributed by atoms with Crippen LogP contribution in [0, 0.1) is 0 Å². The van der Waals surface area contributed by atoms with Gasteiger partial charge < -0.3 is 0 Å². The minimum absolute atomic E-state index is 0.112. The number of carbonyl (C=O) groups is 2. The topological polar surface area (TPSA) is 34.1 Å². The van der Waals surface area contributed by atoms with Gasteiger partial charge in [-0.05, 0) is 6.42 Å². The molecule has 1 saturated carbocycles. The first kappa shape index (κ1) is 5.48. The molecule has 0 bridgehead atoms. The average molecular weight is 118 g/mol. The fraction of sp³-hybridized carbons (Fsp3) is 0.667. The van der Waals surface area contributed by atoms with Crippen molar-refractivity contribution >= 4 is 11.6 Å². The standard InChI is InChI=1S/C6H8O2/c7-5-2-1-3-6(8)4-5/h1-4H2/i1+1,2+1,3+1,4+1,5+1,6+1. The van der Waals surface area contributed by atoms with Gasteiger partial charge in [0.2, 0.25) is 0 Å². The van der Waals surface area contributed by atoms with Crippen LogP contribution in [0.25, 0.3) is 0 Å². The molecule has 0 spiro atoms. The third kappa shape index (κ3) is 1.15.